The van der Waals surface area contributed by atoms with Gasteiger partial charge in [-0.05, 0) is 132 Å². The number of carboxylic acids is 1. The summed E-state index contributed by atoms with van der Waals surface area (Å²) in [5.41, 5.74) is 3.56. The van der Waals surface area contributed by atoms with E-state index in [9.17, 15) is 27.5 Å². The normalized spacial score (nSPS) is 21.5. The number of carboxylic acid groups (broad SMARTS) is 1. The highest BCUT2D eigenvalue weighted by molar-refractivity contribution is 5.76. The lowest BCUT2D eigenvalue weighted by Gasteiger charge is -2.34. The Kier molecular flexibility index (Phi) is 12.3. The van der Waals surface area contributed by atoms with Gasteiger partial charge in [-0.1, -0.05) is 42.8 Å². The molecule has 0 amide bonds. The molecule has 2 atom stereocenters. The fraction of sp³-hybridized carbons (Fsp3) is 0.629. The van der Waals surface area contributed by atoms with Gasteiger partial charge in [-0.2, -0.15) is 8.78 Å². The molecule has 1 N–H and O–H groups in total. The average molecular weight is 621 g/mol. The number of aryl methyl sites for hydroxylation is 1. The summed E-state index contributed by atoms with van der Waals surface area (Å²) in [6.45, 7) is 6.18. The molecule has 1 unspecified atom stereocenters. The first-order valence-corrected chi connectivity index (χ1v) is 16.1. The maximum atomic E-state index is 13.7. The monoisotopic (exact) mass is 620 g/mol. The van der Waals surface area contributed by atoms with Crippen molar-refractivity contribution in [1.82, 2.24) is 9.80 Å². The first kappa shape index (κ1) is 34.4. The lowest BCUT2D eigenvalue weighted by Crippen LogP contribution is -2.34. The van der Waals surface area contributed by atoms with Crippen molar-refractivity contribution in [3.05, 3.63) is 70.3 Å². The van der Waals surface area contributed by atoms with Gasteiger partial charge in [0.1, 0.15) is 6.04 Å². The molecule has 2 aromatic rings. The van der Waals surface area contributed by atoms with Crippen LogP contribution < -0.4 is 0 Å². The Morgan fingerprint density at radius 1 is 1.02 bits per heavy atom. The lowest BCUT2D eigenvalue weighted by atomic mass is 9.79. The van der Waals surface area contributed by atoms with Crippen LogP contribution in [0.2, 0.25) is 0 Å². The maximum Gasteiger partial charge on any atom is 0.353 e. The standard InChI is InChI=1S/C35H48F4N2O3/c1-24-11-12-27(33(36)37)23-31(24)26(18-22-41-19-7-4-8-20-41)17-21-40(3)32(34(42)43)30-10-6-5-9-29(30)25-13-15-28(16-14-25)44-35(2,38)39/h5-6,9-12,23,25-26,28,32-33H,4,7-8,13-22H2,1-3H3,(H,42,43)/t25?,26-,28?,32?/m1/s1. The molecule has 5 nitrogen and oxygen atoms in total. The lowest BCUT2D eigenvalue weighted by molar-refractivity contribution is -0.254. The summed E-state index contributed by atoms with van der Waals surface area (Å²) < 4.78 is 59.1. The van der Waals surface area contributed by atoms with Crippen molar-refractivity contribution in [2.45, 2.75) is 108 Å². The highest BCUT2D eigenvalue weighted by atomic mass is 19.3. The average Bonchev–Trinajstić information content (AvgIpc) is 2.98. The number of rotatable bonds is 14. The van der Waals surface area contributed by atoms with Crippen LogP contribution in [-0.2, 0) is 9.53 Å². The SMILES string of the molecule is Cc1ccc(C(F)F)cc1[C@@H](CCN1CCCCC1)CCN(C)C(C(=O)O)c1ccccc1C1CCC(OC(C)(F)F)CC1. The van der Waals surface area contributed by atoms with E-state index in [1.54, 1.807) is 12.1 Å². The van der Waals surface area contributed by atoms with Gasteiger partial charge in [0.25, 0.3) is 6.43 Å². The summed E-state index contributed by atoms with van der Waals surface area (Å²) in [6.07, 6.45) is 1.09. The second-order valence-corrected chi connectivity index (χ2v) is 12.8. The van der Waals surface area contributed by atoms with Gasteiger partial charge in [-0.3, -0.25) is 9.69 Å². The van der Waals surface area contributed by atoms with Crippen molar-refractivity contribution in [2.24, 2.45) is 0 Å². The van der Waals surface area contributed by atoms with E-state index in [1.807, 2.05) is 43.1 Å². The first-order chi connectivity index (χ1) is 20.9. The highest BCUT2D eigenvalue weighted by Gasteiger charge is 2.34. The van der Waals surface area contributed by atoms with Gasteiger partial charge in [0.2, 0.25) is 0 Å². The van der Waals surface area contributed by atoms with E-state index >= 15 is 0 Å². The molecule has 0 radical (unpaired) electrons. The summed E-state index contributed by atoms with van der Waals surface area (Å²) in [5.74, 6) is -0.887. The molecule has 0 bridgehead atoms. The minimum Gasteiger partial charge on any atom is -0.480 e. The third-order valence-electron chi connectivity index (χ3n) is 9.52. The van der Waals surface area contributed by atoms with Gasteiger partial charge in [-0.15, -0.1) is 0 Å². The molecule has 2 aromatic carbocycles. The molecule has 1 aliphatic heterocycles. The van der Waals surface area contributed by atoms with Crippen LogP contribution >= 0.6 is 0 Å². The fourth-order valence-corrected chi connectivity index (χ4v) is 7.17. The zero-order chi connectivity index (χ0) is 31.9. The quantitative estimate of drug-likeness (QED) is 0.214. The predicted molar refractivity (Wildman–Crippen MR) is 165 cm³/mol. The van der Waals surface area contributed by atoms with E-state index in [1.165, 1.54) is 25.3 Å². The summed E-state index contributed by atoms with van der Waals surface area (Å²) in [5, 5.41) is 10.5. The van der Waals surface area contributed by atoms with E-state index in [0.717, 1.165) is 49.7 Å². The molecule has 44 heavy (non-hydrogen) atoms. The molecule has 0 aromatic heterocycles. The molecule has 0 spiro atoms. The Morgan fingerprint density at radius 3 is 2.34 bits per heavy atom. The van der Waals surface area contributed by atoms with Crippen molar-refractivity contribution < 1.29 is 32.2 Å². The summed E-state index contributed by atoms with van der Waals surface area (Å²) >= 11 is 0. The molecular formula is C35H48F4N2O3. The predicted octanol–water partition coefficient (Wildman–Crippen LogP) is 8.70. The zero-order valence-electron chi connectivity index (χ0n) is 26.3. The van der Waals surface area contributed by atoms with Crippen LogP contribution in [0.25, 0.3) is 0 Å². The number of alkyl halides is 4. The minimum atomic E-state index is -3.17. The van der Waals surface area contributed by atoms with Crippen LogP contribution in [0.5, 0.6) is 0 Å². The molecule has 244 valence electrons. The van der Waals surface area contributed by atoms with E-state index in [4.69, 9.17) is 4.74 Å². The number of hydrogen-bond acceptors (Lipinski definition) is 4. The molecule has 2 aliphatic rings. The third kappa shape index (κ3) is 9.51. The summed E-state index contributed by atoms with van der Waals surface area (Å²) in [6, 6.07) is 11.6. The minimum absolute atomic E-state index is 0.00902. The molecule has 1 heterocycles. The van der Waals surface area contributed by atoms with Crippen molar-refractivity contribution in [2.75, 3.05) is 33.2 Å². The van der Waals surface area contributed by atoms with E-state index in [2.05, 4.69) is 4.90 Å². The van der Waals surface area contributed by atoms with E-state index in [-0.39, 0.29) is 17.4 Å². The third-order valence-corrected chi connectivity index (χ3v) is 9.52. The topological polar surface area (TPSA) is 53.0 Å². The van der Waals surface area contributed by atoms with Crippen molar-refractivity contribution in [1.29, 1.82) is 0 Å². The largest absolute Gasteiger partial charge is 0.480 e. The Labute approximate surface area is 259 Å². The van der Waals surface area contributed by atoms with Gasteiger partial charge in [0, 0.05) is 12.5 Å². The van der Waals surface area contributed by atoms with Crippen LogP contribution in [0.4, 0.5) is 17.6 Å². The van der Waals surface area contributed by atoms with E-state index < -0.39 is 30.6 Å². The number of likely N-dealkylation sites (N-methyl/N-ethyl adjacent to an activating group) is 1. The van der Waals surface area contributed by atoms with Crippen LogP contribution in [0.1, 0.15) is 117 Å². The summed E-state index contributed by atoms with van der Waals surface area (Å²) in [7, 11) is 1.81. The number of halogens is 4. The number of ether oxygens (including phenoxy) is 1. The van der Waals surface area contributed by atoms with Gasteiger partial charge < -0.3 is 14.7 Å². The number of nitrogens with zero attached hydrogens (tertiary/aromatic N) is 2. The van der Waals surface area contributed by atoms with Crippen LogP contribution in [0.3, 0.4) is 0 Å². The fourth-order valence-electron chi connectivity index (χ4n) is 7.17. The Hall–Kier alpha value is -2.49. The van der Waals surface area contributed by atoms with Crippen molar-refractivity contribution >= 4 is 5.97 Å². The number of aliphatic carboxylic acids is 1. The second-order valence-electron chi connectivity index (χ2n) is 12.8. The van der Waals surface area contributed by atoms with Crippen molar-refractivity contribution in [3.63, 3.8) is 0 Å². The Bertz CT molecular complexity index is 1210. The van der Waals surface area contributed by atoms with Crippen molar-refractivity contribution in [3.8, 4) is 0 Å². The number of carbonyl (C=O) groups is 1. The molecular weight excluding hydrogens is 572 g/mol. The summed E-state index contributed by atoms with van der Waals surface area (Å²) in [4.78, 5) is 17.1. The molecule has 1 aliphatic carbocycles. The van der Waals surface area contributed by atoms with Gasteiger partial charge in [0.15, 0.2) is 0 Å². The van der Waals surface area contributed by atoms with Gasteiger partial charge >= 0.3 is 12.1 Å². The maximum absolute atomic E-state index is 13.7. The van der Waals surface area contributed by atoms with Crippen LogP contribution in [-0.4, -0.2) is 66.3 Å². The number of hydrogen-bond donors (Lipinski definition) is 1. The Morgan fingerprint density at radius 2 is 1.70 bits per heavy atom. The number of benzene rings is 2. The molecule has 1 saturated heterocycles. The van der Waals surface area contributed by atoms with Gasteiger partial charge in [-0.25, -0.2) is 8.78 Å². The molecule has 9 heteroatoms. The number of likely N-dealkylation sites (tertiary alicyclic amines) is 1. The smallest absolute Gasteiger partial charge is 0.353 e. The van der Waals surface area contributed by atoms with Crippen LogP contribution in [0.15, 0.2) is 42.5 Å². The Balaban J connectivity index is 1.51. The first-order valence-electron chi connectivity index (χ1n) is 16.1. The highest BCUT2D eigenvalue weighted by Crippen LogP contribution is 2.40. The van der Waals surface area contributed by atoms with Gasteiger partial charge in [0.05, 0.1) is 6.10 Å². The molecule has 2 fully saturated rings. The zero-order valence-corrected chi connectivity index (χ0v) is 26.3. The molecule has 1 saturated carbocycles. The van der Waals surface area contributed by atoms with Crippen LogP contribution in [0, 0.1) is 6.92 Å². The van der Waals surface area contributed by atoms with E-state index in [0.29, 0.717) is 44.2 Å². The molecule has 4 rings (SSSR count). The number of piperidine rings is 1. The second kappa shape index (κ2) is 15.7.